The summed E-state index contributed by atoms with van der Waals surface area (Å²) in [5.74, 6) is 0. The topological polar surface area (TPSA) is 57.3 Å². The molecule has 2 N–H and O–H groups in total. The van der Waals surface area contributed by atoms with Gasteiger partial charge in [0.15, 0.2) is 0 Å². The summed E-state index contributed by atoms with van der Waals surface area (Å²) in [6.45, 7) is 6.24. The highest BCUT2D eigenvalue weighted by Crippen LogP contribution is 2.18. The lowest BCUT2D eigenvalue weighted by Crippen LogP contribution is -2.37. The molecule has 1 aromatic heterocycles. The fourth-order valence-electron chi connectivity index (χ4n) is 2.31. The van der Waals surface area contributed by atoms with Crippen LogP contribution in [0.5, 0.6) is 0 Å². The van der Waals surface area contributed by atoms with Crippen LogP contribution >= 0.6 is 23.2 Å². The highest BCUT2D eigenvalue weighted by molar-refractivity contribution is 6.32. The van der Waals surface area contributed by atoms with Gasteiger partial charge in [0.1, 0.15) is 10.3 Å². The van der Waals surface area contributed by atoms with Gasteiger partial charge in [-0.3, -0.25) is 0 Å². The van der Waals surface area contributed by atoms with Crippen LogP contribution in [0.2, 0.25) is 10.3 Å². The Labute approximate surface area is 152 Å². The van der Waals surface area contributed by atoms with E-state index in [1.165, 1.54) is 17.7 Å². The predicted octanol–water partition coefficient (Wildman–Crippen LogP) is 4.34. The van der Waals surface area contributed by atoms with Crippen LogP contribution < -0.4 is 15.5 Å². The van der Waals surface area contributed by atoms with Crippen molar-refractivity contribution in [3.05, 3.63) is 52.3 Å². The van der Waals surface area contributed by atoms with Gasteiger partial charge in [0.05, 0.1) is 0 Å². The monoisotopic (exact) mass is 366 g/mol. The molecule has 0 fully saturated rings. The minimum Gasteiger partial charge on any atom is -0.370 e. The summed E-state index contributed by atoms with van der Waals surface area (Å²) in [4.78, 5) is 18.0. The van der Waals surface area contributed by atoms with E-state index in [1.54, 1.807) is 0 Å². The van der Waals surface area contributed by atoms with Crippen molar-refractivity contribution in [2.75, 3.05) is 29.9 Å². The third-order valence-corrected chi connectivity index (χ3v) is 3.82. The van der Waals surface area contributed by atoms with E-state index in [2.05, 4.69) is 52.6 Å². The molecule has 0 unspecified atom stereocenters. The third kappa shape index (κ3) is 5.58. The average Bonchev–Trinajstić information content (AvgIpc) is 2.50. The van der Waals surface area contributed by atoms with E-state index in [0.29, 0.717) is 18.8 Å². The standard InChI is InChI=1S/C17H20Cl2N4O/c1-3-23(14-6-4-5-12(2)9-14)8-7-20-17(24)21-13-10-15(18)22-16(19)11-13/h4-6,9-11H,3,7-8H2,1-2H3,(H2,20,21,22,24). The Bertz CT molecular complexity index is 688. The van der Waals surface area contributed by atoms with Crippen LogP contribution in [0.1, 0.15) is 12.5 Å². The molecule has 0 spiro atoms. The molecule has 0 aliphatic carbocycles. The van der Waals surface area contributed by atoms with E-state index < -0.39 is 0 Å². The lowest BCUT2D eigenvalue weighted by Gasteiger charge is -2.23. The molecule has 24 heavy (non-hydrogen) atoms. The van der Waals surface area contributed by atoms with Crippen LogP contribution in [-0.4, -0.2) is 30.6 Å². The highest BCUT2D eigenvalue weighted by atomic mass is 35.5. The van der Waals surface area contributed by atoms with E-state index in [0.717, 1.165) is 12.2 Å². The minimum atomic E-state index is -0.311. The van der Waals surface area contributed by atoms with Crippen molar-refractivity contribution in [3.63, 3.8) is 0 Å². The van der Waals surface area contributed by atoms with E-state index in [4.69, 9.17) is 23.2 Å². The largest absolute Gasteiger partial charge is 0.370 e. The Kier molecular flexibility index (Phi) is 6.70. The van der Waals surface area contributed by atoms with Crippen molar-refractivity contribution in [2.45, 2.75) is 13.8 Å². The highest BCUT2D eigenvalue weighted by Gasteiger charge is 2.07. The molecule has 0 atom stereocenters. The number of aromatic nitrogens is 1. The maximum atomic E-state index is 11.9. The first-order valence-electron chi connectivity index (χ1n) is 7.67. The fraction of sp³-hybridized carbons (Fsp3) is 0.294. The number of anilines is 2. The Morgan fingerprint density at radius 3 is 2.54 bits per heavy atom. The predicted molar refractivity (Wildman–Crippen MR) is 100 cm³/mol. The van der Waals surface area contributed by atoms with Crippen LogP contribution in [-0.2, 0) is 0 Å². The molecule has 0 aliphatic rings. The lowest BCUT2D eigenvalue weighted by atomic mass is 10.2. The smallest absolute Gasteiger partial charge is 0.319 e. The molecule has 0 radical (unpaired) electrons. The molecule has 0 aliphatic heterocycles. The Balaban J connectivity index is 1.85. The Hall–Kier alpha value is -1.98. The summed E-state index contributed by atoms with van der Waals surface area (Å²) in [6, 6.07) is 11.1. The van der Waals surface area contributed by atoms with Crippen LogP contribution in [0.25, 0.3) is 0 Å². The van der Waals surface area contributed by atoms with Crippen LogP contribution in [0.3, 0.4) is 0 Å². The molecule has 1 heterocycles. The van der Waals surface area contributed by atoms with Crippen LogP contribution in [0.15, 0.2) is 36.4 Å². The van der Waals surface area contributed by atoms with Gasteiger partial charge in [0.25, 0.3) is 0 Å². The first-order chi connectivity index (χ1) is 11.5. The van der Waals surface area contributed by atoms with Crippen LogP contribution in [0.4, 0.5) is 16.2 Å². The summed E-state index contributed by atoms with van der Waals surface area (Å²) >= 11 is 11.6. The number of nitrogens with zero attached hydrogens (tertiary/aromatic N) is 2. The zero-order chi connectivity index (χ0) is 17.5. The first-order valence-corrected chi connectivity index (χ1v) is 8.43. The number of likely N-dealkylation sites (N-methyl/N-ethyl adjacent to an activating group) is 1. The first kappa shape index (κ1) is 18.4. The zero-order valence-corrected chi connectivity index (χ0v) is 15.2. The molecule has 0 bridgehead atoms. The molecule has 5 nitrogen and oxygen atoms in total. The summed E-state index contributed by atoms with van der Waals surface area (Å²) in [5, 5.41) is 5.97. The van der Waals surface area contributed by atoms with Gasteiger partial charge in [-0.25, -0.2) is 9.78 Å². The van der Waals surface area contributed by atoms with Gasteiger partial charge in [-0.1, -0.05) is 35.3 Å². The van der Waals surface area contributed by atoms with Crippen molar-refractivity contribution in [2.24, 2.45) is 0 Å². The molecule has 2 aromatic rings. The number of rotatable bonds is 6. The van der Waals surface area contributed by atoms with Gasteiger partial charge < -0.3 is 15.5 Å². The number of hydrogen-bond donors (Lipinski definition) is 2. The molecule has 1 aromatic carbocycles. The summed E-state index contributed by atoms with van der Waals surface area (Å²) in [7, 11) is 0. The number of hydrogen-bond acceptors (Lipinski definition) is 3. The van der Waals surface area contributed by atoms with Gasteiger partial charge in [-0.15, -0.1) is 0 Å². The number of carbonyl (C=O) groups is 1. The maximum Gasteiger partial charge on any atom is 0.319 e. The summed E-state index contributed by atoms with van der Waals surface area (Å²) in [6.07, 6.45) is 0. The van der Waals surface area contributed by atoms with E-state index >= 15 is 0 Å². The second-order valence-corrected chi connectivity index (χ2v) is 6.08. The van der Waals surface area contributed by atoms with Gasteiger partial charge in [0.2, 0.25) is 0 Å². The second kappa shape index (κ2) is 8.76. The number of carbonyl (C=O) groups excluding carboxylic acids is 1. The van der Waals surface area contributed by atoms with E-state index in [1.807, 2.05) is 6.07 Å². The molecule has 128 valence electrons. The van der Waals surface area contributed by atoms with E-state index in [-0.39, 0.29) is 16.3 Å². The second-order valence-electron chi connectivity index (χ2n) is 5.30. The van der Waals surface area contributed by atoms with Crippen molar-refractivity contribution < 1.29 is 4.79 Å². The fourth-order valence-corrected chi connectivity index (χ4v) is 2.77. The minimum absolute atomic E-state index is 0.231. The average molecular weight is 367 g/mol. The lowest BCUT2D eigenvalue weighted by molar-refractivity contribution is 0.252. The number of nitrogens with one attached hydrogen (secondary N) is 2. The number of halogens is 2. The van der Waals surface area contributed by atoms with Gasteiger partial charge in [0, 0.05) is 31.0 Å². The number of amides is 2. The quantitative estimate of drug-likeness (QED) is 0.747. The molecule has 0 saturated carbocycles. The third-order valence-electron chi connectivity index (χ3n) is 3.44. The summed E-state index contributed by atoms with van der Waals surface area (Å²) < 4.78 is 0. The summed E-state index contributed by atoms with van der Waals surface area (Å²) in [5.41, 5.74) is 2.86. The molecular formula is C17H20Cl2N4O. The molecule has 2 amide bonds. The normalized spacial score (nSPS) is 10.3. The zero-order valence-electron chi connectivity index (χ0n) is 13.6. The number of pyridine rings is 1. The van der Waals surface area contributed by atoms with Gasteiger partial charge in [-0.05, 0) is 43.7 Å². The van der Waals surface area contributed by atoms with Crippen molar-refractivity contribution in [1.29, 1.82) is 0 Å². The number of urea groups is 1. The Morgan fingerprint density at radius 2 is 1.92 bits per heavy atom. The number of benzene rings is 1. The van der Waals surface area contributed by atoms with Gasteiger partial charge >= 0.3 is 6.03 Å². The van der Waals surface area contributed by atoms with Crippen molar-refractivity contribution in [1.82, 2.24) is 10.3 Å². The number of aryl methyl sites for hydroxylation is 1. The Morgan fingerprint density at radius 1 is 1.21 bits per heavy atom. The van der Waals surface area contributed by atoms with Gasteiger partial charge in [-0.2, -0.15) is 0 Å². The molecule has 7 heteroatoms. The van der Waals surface area contributed by atoms with Crippen molar-refractivity contribution >= 4 is 40.6 Å². The van der Waals surface area contributed by atoms with Crippen LogP contribution in [0, 0.1) is 6.92 Å². The molecule has 0 saturated heterocycles. The molecular weight excluding hydrogens is 347 g/mol. The SMILES string of the molecule is CCN(CCNC(=O)Nc1cc(Cl)nc(Cl)c1)c1cccc(C)c1. The van der Waals surface area contributed by atoms with E-state index in [9.17, 15) is 4.79 Å². The van der Waals surface area contributed by atoms with Crippen molar-refractivity contribution in [3.8, 4) is 0 Å². The molecule has 2 rings (SSSR count). The maximum absolute atomic E-state index is 11.9.